The van der Waals surface area contributed by atoms with Gasteiger partial charge in [-0.3, -0.25) is 9.59 Å². The zero-order valence-corrected chi connectivity index (χ0v) is 17.1. The summed E-state index contributed by atoms with van der Waals surface area (Å²) in [6.07, 6.45) is 12.9. The fraction of sp³-hybridized carbons (Fsp3) is 0.652. The first-order valence-electron chi connectivity index (χ1n) is 11.1. The second-order valence-corrected chi connectivity index (χ2v) is 8.69. The van der Waals surface area contributed by atoms with Gasteiger partial charge >= 0.3 is 0 Å². The van der Waals surface area contributed by atoms with E-state index in [0.29, 0.717) is 5.56 Å². The zero-order chi connectivity index (χ0) is 19.5. The third kappa shape index (κ3) is 3.89. The Morgan fingerprint density at radius 2 is 1.64 bits per heavy atom. The van der Waals surface area contributed by atoms with Crippen LogP contribution in [-0.2, 0) is 0 Å². The third-order valence-corrected chi connectivity index (χ3v) is 6.74. The lowest BCUT2D eigenvalue weighted by atomic mass is 9.96. The van der Waals surface area contributed by atoms with Crippen molar-refractivity contribution in [3.05, 3.63) is 29.3 Å². The standard InChI is InChI=1S/C23H33N3O2/c1-25-20-16-17(22(27)24-18-10-6-3-2-4-7-11-18)13-14-19(20)23(28)26-15-9-5-8-12-21(25)26/h13-14,16,18,21H,2-12,15H2,1H3,(H,24,27)/t21-/m0/s1. The van der Waals surface area contributed by atoms with Crippen LogP contribution < -0.4 is 10.2 Å². The highest BCUT2D eigenvalue weighted by Crippen LogP contribution is 2.34. The SMILES string of the molecule is CN1c2cc(C(=O)NC3CCCCCCC3)ccc2C(=O)N2CCCCC[C@H]21. The average molecular weight is 384 g/mol. The molecule has 0 unspecified atom stereocenters. The summed E-state index contributed by atoms with van der Waals surface area (Å²) in [4.78, 5) is 30.1. The van der Waals surface area contributed by atoms with E-state index in [2.05, 4.69) is 17.3 Å². The van der Waals surface area contributed by atoms with Gasteiger partial charge in [0.1, 0.15) is 6.17 Å². The Hall–Kier alpha value is -2.04. The number of fused-ring (bicyclic) bond motifs is 2. The number of nitrogens with one attached hydrogen (secondary N) is 1. The van der Waals surface area contributed by atoms with Crippen LogP contribution >= 0.6 is 0 Å². The maximum absolute atomic E-state index is 13.0. The molecule has 2 aliphatic heterocycles. The second kappa shape index (κ2) is 8.54. The van der Waals surface area contributed by atoms with Gasteiger partial charge in [-0.1, -0.05) is 38.5 Å². The lowest BCUT2D eigenvalue weighted by Crippen LogP contribution is -2.53. The number of carbonyl (C=O) groups is 2. The molecule has 2 heterocycles. The van der Waals surface area contributed by atoms with Crippen molar-refractivity contribution >= 4 is 17.5 Å². The van der Waals surface area contributed by atoms with Crippen molar-refractivity contribution < 1.29 is 9.59 Å². The van der Waals surface area contributed by atoms with E-state index < -0.39 is 0 Å². The number of nitrogens with zero attached hydrogens (tertiary/aromatic N) is 2. The highest BCUT2D eigenvalue weighted by atomic mass is 16.2. The minimum Gasteiger partial charge on any atom is -0.354 e. The fourth-order valence-electron chi connectivity index (χ4n) is 5.06. The summed E-state index contributed by atoms with van der Waals surface area (Å²) in [5.74, 6) is 0.115. The molecular weight excluding hydrogens is 350 g/mol. The number of rotatable bonds is 2. The Morgan fingerprint density at radius 3 is 2.43 bits per heavy atom. The van der Waals surface area contributed by atoms with Crippen molar-refractivity contribution in [2.45, 2.75) is 82.8 Å². The Bertz CT molecular complexity index is 725. The molecule has 1 saturated heterocycles. The summed E-state index contributed by atoms with van der Waals surface area (Å²) < 4.78 is 0. The maximum Gasteiger partial charge on any atom is 0.257 e. The van der Waals surface area contributed by atoms with Crippen LogP contribution in [0.5, 0.6) is 0 Å². The second-order valence-electron chi connectivity index (χ2n) is 8.69. The Labute approximate surface area is 168 Å². The van der Waals surface area contributed by atoms with Gasteiger partial charge in [0.25, 0.3) is 11.8 Å². The van der Waals surface area contributed by atoms with Gasteiger partial charge in [0.15, 0.2) is 0 Å². The molecule has 0 bridgehead atoms. The predicted octanol–water partition coefficient (Wildman–Crippen LogP) is 4.32. The Kier molecular flexibility index (Phi) is 5.88. The van der Waals surface area contributed by atoms with Gasteiger partial charge in [0.2, 0.25) is 0 Å². The number of hydrogen-bond acceptors (Lipinski definition) is 3. The van der Waals surface area contributed by atoms with E-state index in [4.69, 9.17) is 0 Å². The van der Waals surface area contributed by atoms with E-state index in [0.717, 1.165) is 49.9 Å². The largest absolute Gasteiger partial charge is 0.354 e. The molecule has 0 radical (unpaired) electrons. The number of amides is 2. The van der Waals surface area contributed by atoms with Crippen molar-refractivity contribution in [2.75, 3.05) is 18.5 Å². The molecule has 0 aromatic heterocycles. The first kappa shape index (κ1) is 19.3. The molecule has 1 saturated carbocycles. The summed E-state index contributed by atoms with van der Waals surface area (Å²) in [6.45, 7) is 0.831. The zero-order valence-electron chi connectivity index (χ0n) is 17.1. The summed E-state index contributed by atoms with van der Waals surface area (Å²) in [7, 11) is 2.06. The first-order chi connectivity index (χ1) is 13.6. The fourth-order valence-corrected chi connectivity index (χ4v) is 5.06. The van der Waals surface area contributed by atoms with Gasteiger partial charge in [-0.15, -0.1) is 0 Å². The van der Waals surface area contributed by atoms with E-state index in [-0.39, 0.29) is 24.0 Å². The average Bonchev–Trinajstić information content (AvgIpc) is 2.94. The molecule has 1 atom stereocenters. The minimum atomic E-state index is -0.00230. The third-order valence-electron chi connectivity index (χ3n) is 6.74. The lowest BCUT2D eigenvalue weighted by Gasteiger charge is -2.43. The van der Waals surface area contributed by atoms with Crippen LogP contribution in [0.2, 0.25) is 0 Å². The Morgan fingerprint density at radius 1 is 0.964 bits per heavy atom. The van der Waals surface area contributed by atoms with Gasteiger partial charge < -0.3 is 15.1 Å². The summed E-state index contributed by atoms with van der Waals surface area (Å²) in [5, 5.41) is 3.25. The van der Waals surface area contributed by atoms with E-state index in [1.165, 1.54) is 38.5 Å². The highest BCUT2D eigenvalue weighted by Gasteiger charge is 2.36. The van der Waals surface area contributed by atoms with Gasteiger partial charge in [-0.25, -0.2) is 0 Å². The van der Waals surface area contributed by atoms with Crippen LogP contribution in [0.25, 0.3) is 0 Å². The van der Waals surface area contributed by atoms with Crippen LogP contribution in [0.1, 0.15) is 91.3 Å². The van der Waals surface area contributed by atoms with Crippen LogP contribution in [0.3, 0.4) is 0 Å². The van der Waals surface area contributed by atoms with Crippen LogP contribution in [0.15, 0.2) is 18.2 Å². The monoisotopic (exact) mass is 383 g/mol. The van der Waals surface area contributed by atoms with E-state index in [9.17, 15) is 9.59 Å². The topological polar surface area (TPSA) is 52.7 Å². The maximum atomic E-state index is 13.0. The Balaban J connectivity index is 1.53. The molecule has 0 spiro atoms. The molecule has 2 fully saturated rings. The van der Waals surface area contributed by atoms with Crippen molar-refractivity contribution in [1.29, 1.82) is 0 Å². The van der Waals surface area contributed by atoms with Crippen molar-refractivity contribution in [1.82, 2.24) is 10.2 Å². The quantitative estimate of drug-likeness (QED) is 0.827. The number of hydrogen-bond donors (Lipinski definition) is 1. The van der Waals surface area contributed by atoms with Crippen LogP contribution in [0, 0.1) is 0 Å². The van der Waals surface area contributed by atoms with Crippen LogP contribution in [0.4, 0.5) is 5.69 Å². The van der Waals surface area contributed by atoms with Crippen molar-refractivity contribution in [2.24, 2.45) is 0 Å². The van der Waals surface area contributed by atoms with E-state index in [1.54, 1.807) is 0 Å². The van der Waals surface area contributed by atoms with Gasteiger partial charge in [-0.2, -0.15) is 0 Å². The summed E-state index contributed by atoms with van der Waals surface area (Å²) in [6, 6.07) is 5.87. The molecule has 1 aliphatic carbocycles. The highest BCUT2D eigenvalue weighted by molar-refractivity contribution is 6.04. The van der Waals surface area contributed by atoms with E-state index >= 15 is 0 Å². The van der Waals surface area contributed by atoms with Crippen molar-refractivity contribution in [3.8, 4) is 0 Å². The predicted molar refractivity (Wildman–Crippen MR) is 112 cm³/mol. The molecule has 1 aromatic rings. The van der Waals surface area contributed by atoms with Crippen molar-refractivity contribution in [3.63, 3.8) is 0 Å². The molecule has 1 aromatic carbocycles. The van der Waals surface area contributed by atoms with Crippen LogP contribution in [-0.4, -0.2) is 42.5 Å². The summed E-state index contributed by atoms with van der Waals surface area (Å²) in [5.41, 5.74) is 2.30. The number of benzene rings is 1. The first-order valence-corrected chi connectivity index (χ1v) is 11.1. The molecule has 2 amide bonds. The molecule has 5 nitrogen and oxygen atoms in total. The molecular formula is C23H33N3O2. The smallest absolute Gasteiger partial charge is 0.257 e. The molecule has 28 heavy (non-hydrogen) atoms. The van der Waals surface area contributed by atoms with Gasteiger partial charge in [-0.05, 0) is 50.3 Å². The lowest BCUT2D eigenvalue weighted by molar-refractivity contribution is 0.0661. The normalized spacial score (nSPS) is 23.9. The number of carbonyl (C=O) groups excluding carboxylic acids is 2. The van der Waals surface area contributed by atoms with Gasteiger partial charge in [0.05, 0.1) is 11.3 Å². The van der Waals surface area contributed by atoms with Gasteiger partial charge in [0, 0.05) is 25.2 Å². The molecule has 152 valence electrons. The van der Waals surface area contributed by atoms with E-state index in [1.807, 2.05) is 23.1 Å². The molecule has 3 aliphatic rings. The number of anilines is 1. The summed E-state index contributed by atoms with van der Waals surface area (Å²) >= 11 is 0. The molecule has 4 rings (SSSR count). The molecule has 1 N–H and O–H groups in total. The molecule has 5 heteroatoms. The minimum absolute atomic E-state index is 0.00230.